The standard InChI is InChI=1S/C9H9NO4/c11-5-10-8(9(13)14)6-1-3-7(12)4-2-6/h1-5,8,12H,(H,10,11)(H,13,14). The maximum atomic E-state index is 10.7. The van der Waals surface area contributed by atoms with Crippen molar-refractivity contribution in [3.8, 4) is 5.75 Å². The lowest BCUT2D eigenvalue weighted by atomic mass is 10.1. The summed E-state index contributed by atoms with van der Waals surface area (Å²) < 4.78 is 0. The summed E-state index contributed by atoms with van der Waals surface area (Å²) >= 11 is 0. The average Bonchev–Trinajstić information content (AvgIpc) is 2.15. The smallest absolute Gasteiger partial charge is 0.330 e. The van der Waals surface area contributed by atoms with E-state index in [1.165, 1.54) is 24.3 Å². The molecular weight excluding hydrogens is 186 g/mol. The maximum absolute atomic E-state index is 10.7. The van der Waals surface area contributed by atoms with Gasteiger partial charge in [-0.2, -0.15) is 0 Å². The Balaban J connectivity index is 2.93. The molecule has 74 valence electrons. The third-order valence-electron chi connectivity index (χ3n) is 1.71. The first-order valence-electron chi connectivity index (χ1n) is 3.86. The van der Waals surface area contributed by atoms with E-state index in [0.717, 1.165) is 0 Å². The zero-order valence-corrected chi connectivity index (χ0v) is 7.18. The van der Waals surface area contributed by atoms with Gasteiger partial charge in [0.15, 0.2) is 6.04 Å². The molecule has 1 amide bonds. The third-order valence-corrected chi connectivity index (χ3v) is 1.71. The van der Waals surface area contributed by atoms with Crippen LogP contribution in [0.15, 0.2) is 24.3 Å². The van der Waals surface area contributed by atoms with Crippen molar-refractivity contribution in [2.75, 3.05) is 0 Å². The molecule has 1 unspecified atom stereocenters. The lowest BCUT2D eigenvalue weighted by Crippen LogP contribution is -2.27. The fourth-order valence-corrected chi connectivity index (χ4v) is 1.04. The van der Waals surface area contributed by atoms with E-state index in [1.807, 2.05) is 0 Å². The Hall–Kier alpha value is -2.04. The van der Waals surface area contributed by atoms with Crippen LogP contribution >= 0.6 is 0 Å². The molecule has 0 aliphatic carbocycles. The highest BCUT2D eigenvalue weighted by molar-refractivity contribution is 5.78. The minimum atomic E-state index is -1.15. The monoisotopic (exact) mass is 195 g/mol. The number of phenols is 1. The first-order chi connectivity index (χ1) is 6.65. The van der Waals surface area contributed by atoms with Crippen LogP contribution in [0.2, 0.25) is 0 Å². The summed E-state index contributed by atoms with van der Waals surface area (Å²) in [6.07, 6.45) is 0.325. The minimum Gasteiger partial charge on any atom is -0.508 e. The van der Waals surface area contributed by atoms with Gasteiger partial charge in [-0.25, -0.2) is 4.79 Å². The molecule has 0 aliphatic rings. The van der Waals surface area contributed by atoms with Gasteiger partial charge in [-0.05, 0) is 17.7 Å². The highest BCUT2D eigenvalue weighted by Gasteiger charge is 2.18. The second kappa shape index (κ2) is 4.27. The largest absolute Gasteiger partial charge is 0.508 e. The van der Waals surface area contributed by atoms with E-state index < -0.39 is 12.0 Å². The Labute approximate surface area is 80.0 Å². The van der Waals surface area contributed by atoms with E-state index >= 15 is 0 Å². The van der Waals surface area contributed by atoms with E-state index in [0.29, 0.717) is 12.0 Å². The molecule has 1 aromatic carbocycles. The summed E-state index contributed by atoms with van der Waals surface area (Å²) in [6, 6.07) is 4.51. The first kappa shape index (κ1) is 10.0. The fourth-order valence-electron chi connectivity index (χ4n) is 1.04. The number of carboxylic acids is 1. The van der Waals surface area contributed by atoms with E-state index in [2.05, 4.69) is 5.32 Å². The molecule has 0 aromatic heterocycles. The maximum Gasteiger partial charge on any atom is 0.330 e. The number of rotatable bonds is 4. The van der Waals surface area contributed by atoms with Gasteiger partial charge in [0, 0.05) is 0 Å². The zero-order chi connectivity index (χ0) is 10.6. The normalized spacial score (nSPS) is 11.7. The predicted octanol–water partition coefficient (Wildman–Crippen LogP) is 0.264. The number of hydrogen-bond acceptors (Lipinski definition) is 3. The van der Waals surface area contributed by atoms with Gasteiger partial charge in [0.1, 0.15) is 5.75 Å². The van der Waals surface area contributed by atoms with Crippen molar-refractivity contribution in [1.29, 1.82) is 0 Å². The van der Waals surface area contributed by atoms with Crippen LogP contribution in [0.5, 0.6) is 5.75 Å². The summed E-state index contributed by atoms with van der Waals surface area (Å²) in [7, 11) is 0. The number of carboxylic acid groups (broad SMARTS) is 1. The molecule has 0 heterocycles. The lowest BCUT2D eigenvalue weighted by molar-refractivity contribution is -0.140. The van der Waals surface area contributed by atoms with Crippen LogP contribution in [-0.2, 0) is 9.59 Å². The summed E-state index contributed by atoms with van der Waals surface area (Å²) in [4.78, 5) is 20.8. The molecule has 0 aliphatic heterocycles. The fraction of sp³-hybridized carbons (Fsp3) is 0.111. The molecule has 0 radical (unpaired) electrons. The van der Waals surface area contributed by atoms with Crippen LogP contribution in [0.25, 0.3) is 0 Å². The third kappa shape index (κ3) is 2.22. The van der Waals surface area contributed by atoms with Crippen molar-refractivity contribution in [2.24, 2.45) is 0 Å². The molecule has 1 atom stereocenters. The number of phenolic OH excluding ortho intramolecular Hbond substituents is 1. The van der Waals surface area contributed by atoms with Gasteiger partial charge in [0.05, 0.1) is 0 Å². The molecule has 5 nitrogen and oxygen atoms in total. The molecule has 14 heavy (non-hydrogen) atoms. The Bertz CT molecular complexity index is 333. The van der Waals surface area contributed by atoms with Gasteiger partial charge < -0.3 is 15.5 Å². The molecule has 1 aromatic rings. The number of carbonyl (C=O) groups is 2. The lowest BCUT2D eigenvalue weighted by Gasteiger charge is -2.10. The molecule has 5 heteroatoms. The quantitative estimate of drug-likeness (QED) is 0.601. The van der Waals surface area contributed by atoms with Crippen LogP contribution in [0, 0.1) is 0 Å². The van der Waals surface area contributed by atoms with Crippen molar-refractivity contribution in [1.82, 2.24) is 5.32 Å². The van der Waals surface area contributed by atoms with E-state index in [4.69, 9.17) is 10.2 Å². The number of carbonyl (C=O) groups excluding carboxylic acids is 1. The van der Waals surface area contributed by atoms with Crippen molar-refractivity contribution in [3.05, 3.63) is 29.8 Å². The molecule has 3 N–H and O–H groups in total. The van der Waals surface area contributed by atoms with Gasteiger partial charge in [-0.1, -0.05) is 12.1 Å². The van der Waals surface area contributed by atoms with Crippen LogP contribution < -0.4 is 5.32 Å². The number of nitrogens with one attached hydrogen (secondary N) is 1. The number of hydrogen-bond donors (Lipinski definition) is 3. The van der Waals surface area contributed by atoms with Gasteiger partial charge in [-0.3, -0.25) is 4.79 Å². The minimum absolute atomic E-state index is 0.0454. The van der Waals surface area contributed by atoms with Crippen molar-refractivity contribution in [3.63, 3.8) is 0 Å². The van der Waals surface area contributed by atoms with E-state index in [-0.39, 0.29) is 5.75 Å². The molecule has 0 saturated carbocycles. The predicted molar refractivity (Wildman–Crippen MR) is 47.7 cm³/mol. The Kier molecular flexibility index (Phi) is 3.06. The number of benzene rings is 1. The summed E-state index contributed by atoms with van der Waals surface area (Å²) in [5, 5.41) is 19.9. The average molecular weight is 195 g/mol. The van der Waals surface area contributed by atoms with Crippen molar-refractivity contribution >= 4 is 12.4 Å². The second-order valence-corrected chi connectivity index (χ2v) is 2.65. The van der Waals surface area contributed by atoms with Crippen LogP contribution in [-0.4, -0.2) is 22.6 Å². The second-order valence-electron chi connectivity index (χ2n) is 2.65. The Morgan fingerprint density at radius 2 is 1.93 bits per heavy atom. The SMILES string of the molecule is O=CNC(C(=O)O)c1ccc(O)cc1. The van der Waals surface area contributed by atoms with Crippen LogP contribution in [0.4, 0.5) is 0 Å². The molecule has 0 fully saturated rings. The molecule has 1 rings (SSSR count). The molecular formula is C9H9NO4. The van der Waals surface area contributed by atoms with Crippen molar-refractivity contribution in [2.45, 2.75) is 6.04 Å². The Morgan fingerprint density at radius 3 is 2.36 bits per heavy atom. The van der Waals surface area contributed by atoms with Gasteiger partial charge in [0.25, 0.3) is 0 Å². The summed E-state index contributed by atoms with van der Waals surface area (Å²) in [5.74, 6) is -1.10. The van der Waals surface area contributed by atoms with E-state index in [1.54, 1.807) is 0 Å². The van der Waals surface area contributed by atoms with E-state index in [9.17, 15) is 9.59 Å². The van der Waals surface area contributed by atoms with Gasteiger partial charge in [0.2, 0.25) is 6.41 Å². The molecule has 0 saturated heterocycles. The first-order valence-corrected chi connectivity index (χ1v) is 3.86. The van der Waals surface area contributed by atoms with Crippen LogP contribution in [0.1, 0.15) is 11.6 Å². The Morgan fingerprint density at radius 1 is 1.36 bits per heavy atom. The topological polar surface area (TPSA) is 86.6 Å². The highest BCUT2D eigenvalue weighted by Crippen LogP contribution is 2.16. The van der Waals surface area contributed by atoms with Gasteiger partial charge in [-0.15, -0.1) is 0 Å². The number of aliphatic carboxylic acids is 1. The highest BCUT2D eigenvalue weighted by atomic mass is 16.4. The van der Waals surface area contributed by atoms with Crippen LogP contribution in [0.3, 0.4) is 0 Å². The summed E-state index contributed by atoms with van der Waals surface area (Å²) in [6.45, 7) is 0. The number of amides is 1. The molecule has 0 spiro atoms. The van der Waals surface area contributed by atoms with Gasteiger partial charge >= 0.3 is 5.97 Å². The summed E-state index contributed by atoms with van der Waals surface area (Å²) in [5.41, 5.74) is 0.405. The number of aromatic hydroxyl groups is 1. The molecule has 0 bridgehead atoms. The van der Waals surface area contributed by atoms with Crippen molar-refractivity contribution < 1.29 is 19.8 Å². The zero-order valence-electron chi connectivity index (χ0n) is 7.18.